The van der Waals surface area contributed by atoms with Gasteiger partial charge in [-0.25, -0.2) is 0 Å². The monoisotopic (exact) mass is 216 g/mol. The third-order valence-electron chi connectivity index (χ3n) is 2.88. The zero-order valence-corrected chi connectivity index (χ0v) is 8.76. The van der Waals surface area contributed by atoms with Crippen LogP contribution in [-0.2, 0) is 4.79 Å². The van der Waals surface area contributed by atoms with E-state index in [1.807, 2.05) is 17.0 Å². The summed E-state index contributed by atoms with van der Waals surface area (Å²) in [5.41, 5.74) is 1.54. The molecule has 0 aliphatic carbocycles. The Balaban J connectivity index is 2.14. The van der Waals surface area contributed by atoms with Crippen LogP contribution in [0.25, 0.3) is 0 Å². The van der Waals surface area contributed by atoms with E-state index in [1.165, 1.54) is 0 Å². The standard InChI is InChI=1S/C12H12N2O2/c13-7-9-2-1-3-11(6-9)14-5-4-10(8-14)12(15)16/h1-3,6,10H,4-5,8H2,(H,15,16). The number of hydrogen-bond acceptors (Lipinski definition) is 3. The van der Waals surface area contributed by atoms with Crippen molar-refractivity contribution in [2.75, 3.05) is 18.0 Å². The maximum Gasteiger partial charge on any atom is 0.308 e. The number of rotatable bonds is 2. The van der Waals surface area contributed by atoms with Gasteiger partial charge in [-0.05, 0) is 24.6 Å². The maximum absolute atomic E-state index is 10.8. The van der Waals surface area contributed by atoms with Crippen LogP contribution in [0, 0.1) is 17.2 Å². The minimum atomic E-state index is -0.737. The average molecular weight is 216 g/mol. The first-order chi connectivity index (χ1) is 7.70. The van der Waals surface area contributed by atoms with Gasteiger partial charge < -0.3 is 10.0 Å². The molecule has 1 saturated heterocycles. The van der Waals surface area contributed by atoms with Gasteiger partial charge in [0.2, 0.25) is 0 Å². The number of nitrogens with zero attached hydrogens (tertiary/aromatic N) is 2. The Labute approximate surface area is 93.7 Å². The van der Waals surface area contributed by atoms with E-state index >= 15 is 0 Å². The van der Waals surface area contributed by atoms with Crippen LogP contribution in [0.15, 0.2) is 24.3 Å². The second-order valence-corrected chi connectivity index (χ2v) is 3.93. The molecule has 1 heterocycles. The molecule has 2 rings (SSSR count). The van der Waals surface area contributed by atoms with Crippen LogP contribution in [0.2, 0.25) is 0 Å². The van der Waals surface area contributed by atoms with Crippen LogP contribution in [0.4, 0.5) is 5.69 Å². The second-order valence-electron chi connectivity index (χ2n) is 3.93. The van der Waals surface area contributed by atoms with Gasteiger partial charge >= 0.3 is 5.97 Å². The van der Waals surface area contributed by atoms with Crippen LogP contribution < -0.4 is 4.90 Å². The van der Waals surface area contributed by atoms with E-state index < -0.39 is 5.97 Å². The predicted octanol–water partition coefficient (Wildman–Crippen LogP) is 1.47. The van der Waals surface area contributed by atoms with E-state index in [9.17, 15) is 4.79 Å². The van der Waals surface area contributed by atoms with Crippen LogP contribution in [0.3, 0.4) is 0 Å². The number of anilines is 1. The number of aliphatic carboxylic acids is 1. The molecule has 0 saturated carbocycles. The molecular weight excluding hydrogens is 204 g/mol. The van der Waals surface area contributed by atoms with Gasteiger partial charge in [-0.3, -0.25) is 4.79 Å². The highest BCUT2D eigenvalue weighted by Gasteiger charge is 2.27. The van der Waals surface area contributed by atoms with Crippen LogP contribution in [0.1, 0.15) is 12.0 Å². The van der Waals surface area contributed by atoms with Crippen LogP contribution in [0.5, 0.6) is 0 Å². The zero-order chi connectivity index (χ0) is 11.5. The molecule has 0 aromatic heterocycles. The van der Waals surface area contributed by atoms with E-state index in [-0.39, 0.29) is 5.92 Å². The van der Waals surface area contributed by atoms with Crippen molar-refractivity contribution in [1.29, 1.82) is 5.26 Å². The molecule has 82 valence electrons. The average Bonchev–Trinajstić information content (AvgIpc) is 2.78. The summed E-state index contributed by atoms with van der Waals surface area (Å²) in [7, 11) is 0. The first kappa shape index (κ1) is 10.5. The summed E-state index contributed by atoms with van der Waals surface area (Å²) in [6.07, 6.45) is 0.673. The number of carboxylic acid groups (broad SMARTS) is 1. The molecule has 0 bridgehead atoms. The van der Waals surface area contributed by atoms with Crippen molar-refractivity contribution in [1.82, 2.24) is 0 Å². The molecule has 16 heavy (non-hydrogen) atoms. The van der Waals surface area contributed by atoms with Gasteiger partial charge in [-0.2, -0.15) is 5.26 Å². The Morgan fingerprint density at radius 3 is 3.00 bits per heavy atom. The SMILES string of the molecule is N#Cc1cccc(N2CCC(C(=O)O)C2)c1. The second kappa shape index (κ2) is 4.23. The summed E-state index contributed by atoms with van der Waals surface area (Å²) < 4.78 is 0. The molecule has 1 aromatic rings. The lowest BCUT2D eigenvalue weighted by Gasteiger charge is -2.17. The fourth-order valence-electron chi connectivity index (χ4n) is 1.97. The molecular formula is C12H12N2O2. The molecule has 1 atom stereocenters. The minimum Gasteiger partial charge on any atom is -0.481 e. The van der Waals surface area contributed by atoms with Gasteiger partial charge in [0, 0.05) is 18.8 Å². The fraction of sp³-hybridized carbons (Fsp3) is 0.333. The van der Waals surface area contributed by atoms with Crippen LogP contribution >= 0.6 is 0 Å². The Morgan fingerprint density at radius 1 is 1.56 bits per heavy atom. The van der Waals surface area contributed by atoms with Crippen molar-refractivity contribution in [3.8, 4) is 6.07 Å². The highest BCUT2D eigenvalue weighted by atomic mass is 16.4. The van der Waals surface area contributed by atoms with E-state index in [4.69, 9.17) is 10.4 Å². The number of carboxylic acids is 1. The summed E-state index contributed by atoms with van der Waals surface area (Å²) in [5.74, 6) is -1.02. The summed E-state index contributed by atoms with van der Waals surface area (Å²) in [5, 5.41) is 17.7. The molecule has 4 nitrogen and oxygen atoms in total. The van der Waals surface area contributed by atoms with Gasteiger partial charge in [-0.15, -0.1) is 0 Å². The molecule has 0 spiro atoms. The van der Waals surface area contributed by atoms with Gasteiger partial charge in [0.1, 0.15) is 0 Å². The summed E-state index contributed by atoms with van der Waals surface area (Å²) >= 11 is 0. The Kier molecular flexibility index (Phi) is 2.78. The van der Waals surface area contributed by atoms with E-state index in [0.717, 1.165) is 12.2 Å². The van der Waals surface area contributed by atoms with E-state index in [0.29, 0.717) is 18.5 Å². The highest BCUT2D eigenvalue weighted by molar-refractivity contribution is 5.72. The fourth-order valence-corrected chi connectivity index (χ4v) is 1.97. The van der Waals surface area contributed by atoms with Crippen molar-refractivity contribution >= 4 is 11.7 Å². The molecule has 0 amide bonds. The van der Waals surface area contributed by atoms with Crippen molar-refractivity contribution in [3.63, 3.8) is 0 Å². The first-order valence-corrected chi connectivity index (χ1v) is 5.18. The molecule has 1 fully saturated rings. The Hall–Kier alpha value is -2.02. The normalized spacial score (nSPS) is 19.4. The molecule has 1 N–H and O–H groups in total. The van der Waals surface area contributed by atoms with Crippen LogP contribution in [-0.4, -0.2) is 24.2 Å². The summed E-state index contributed by atoms with van der Waals surface area (Å²) in [6.45, 7) is 1.27. The largest absolute Gasteiger partial charge is 0.481 e. The summed E-state index contributed by atoms with van der Waals surface area (Å²) in [6, 6.07) is 9.35. The Morgan fingerprint density at radius 2 is 2.38 bits per heavy atom. The first-order valence-electron chi connectivity index (χ1n) is 5.18. The zero-order valence-electron chi connectivity index (χ0n) is 8.76. The lowest BCUT2D eigenvalue weighted by Crippen LogP contribution is -2.22. The molecule has 1 aliphatic rings. The molecule has 1 aromatic carbocycles. The van der Waals surface area contributed by atoms with Gasteiger partial charge in [0.25, 0.3) is 0 Å². The lowest BCUT2D eigenvalue weighted by molar-refractivity contribution is -0.140. The van der Waals surface area contributed by atoms with Gasteiger partial charge in [0.05, 0.1) is 17.6 Å². The molecule has 0 radical (unpaired) electrons. The topological polar surface area (TPSA) is 64.3 Å². The lowest BCUT2D eigenvalue weighted by atomic mass is 10.1. The highest BCUT2D eigenvalue weighted by Crippen LogP contribution is 2.24. The minimum absolute atomic E-state index is 0.286. The van der Waals surface area contributed by atoms with E-state index in [2.05, 4.69) is 6.07 Å². The third-order valence-corrected chi connectivity index (χ3v) is 2.88. The van der Waals surface area contributed by atoms with Crippen molar-refractivity contribution in [3.05, 3.63) is 29.8 Å². The number of carbonyl (C=O) groups is 1. The van der Waals surface area contributed by atoms with Crippen molar-refractivity contribution in [2.24, 2.45) is 5.92 Å². The summed E-state index contributed by atoms with van der Waals surface area (Å²) in [4.78, 5) is 12.8. The maximum atomic E-state index is 10.8. The van der Waals surface area contributed by atoms with Crippen molar-refractivity contribution in [2.45, 2.75) is 6.42 Å². The number of nitriles is 1. The number of hydrogen-bond donors (Lipinski definition) is 1. The predicted molar refractivity (Wildman–Crippen MR) is 59.1 cm³/mol. The third kappa shape index (κ3) is 1.98. The smallest absolute Gasteiger partial charge is 0.308 e. The van der Waals surface area contributed by atoms with Gasteiger partial charge in [0.15, 0.2) is 0 Å². The quantitative estimate of drug-likeness (QED) is 0.813. The van der Waals surface area contributed by atoms with Gasteiger partial charge in [-0.1, -0.05) is 6.07 Å². The Bertz CT molecular complexity index is 451. The molecule has 1 unspecified atom stereocenters. The molecule has 4 heteroatoms. The van der Waals surface area contributed by atoms with E-state index in [1.54, 1.807) is 12.1 Å². The number of benzene rings is 1. The van der Waals surface area contributed by atoms with Crippen molar-refractivity contribution < 1.29 is 9.90 Å². The molecule has 1 aliphatic heterocycles.